The van der Waals surface area contributed by atoms with Crippen molar-refractivity contribution >= 4 is 35.0 Å². The van der Waals surface area contributed by atoms with Crippen LogP contribution in [-0.4, -0.2) is 20.4 Å². The summed E-state index contributed by atoms with van der Waals surface area (Å²) in [6.07, 6.45) is -4.77. The van der Waals surface area contributed by atoms with E-state index in [0.29, 0.717) is 16.8 Å². The van der Waals surface area contributed by atoms with E-state index in [4.69, 9.17) is 28.5 Å². The van der Waals surface area contributed by atoms with Gasteiger partial charge in [0.15, 0.2) is 5.69 Å². The Morgan fingerprint density at radius 1 is 1.12 bits per heavy atom. The van der Waals surface area contributed by atoms with Crippen molar-refractivity contribution in [3.05, 3.63) is 33.4 Å². The van der Waals surface area contributed by atoms with Crippen LogP contribution in [-0.2, 0) is 6.18 Å². The molecular weight excluding hydrogens is 419 g/mol. The number of nitrogens with zero attached hydrogens (tertiary/aromatic N) is 3. The van der Waals surface area contributed by atoms with Crippen LogP contribution in [0, 0.1) is 11.3 Å². The number of thioether (sulfide) groups is 1. The molecule has 2 aromatic rings. The van der Waals surface area contributed by atoms with E-state index < -0.39 is 61.2 Å². The second-order valence-corrected chi connectivity index (χ2v) is 6.25. The molecule has 0 aliphatic heterocycles. The highest BCUT2D eigenvalue weighted by atomic mass is 35.5. The lowest BCUT2D eigenvalue weighted by molar-refractivity contribution is -0.137. The van der Waals surface area contributed by atoms with Crippen LogP contribution in [0.2, 0.25) is 10.0 Å². The monoisotopic (exact) mass is 421 g/mol. The molecule has 2 rings (SSSR count). The van der Waals surface area contributed by atoms with E-state index in [-0.39, 0.29) is 0 Å². The predicted molar refractivity (Wildman–Crippen MR) is 76.9 cm³/mol. The molecule has 0 spiro atoms. The van der Waals surface area contributed by atoms with Crippen molar-refractivity contribution in [3.63, 3.8) is 0 Å². The second-order valence-electron chi connectivity index (χ2n) is 4.36. The molecule has 0 unspecified atom stereocenters. The van der Waals surface area contributed by atoms with Crippen molar-refractivity contribution in [1.82, 2.24) is 9.78 Å². The smallest absolute Gasteiger partial charge is 0.446 e. The van der Waals surface area contributed by atoms with E-state index >= 15 is 0 Å². The molecule has 0 atom stereocenters. The lowest BCUT2D eigenvalue weighted by atomic mass is 10.2. The van der Waals surface area contributed by atoms with Gasteiger partial charge in [0.1, 0.15) is 16.7 Å². The topological polar surface area (TPSA) is 61.8 Å². The molecule has 0 saturated carbocycles. The van der Waals surface area contributed by atoms with Gasteiger partial charge < -0.3 is 5.11 Å². The Hall–Kier alpha value is -1.77. The first-order chi connectivity index (χ1) is 11.3. The first kappa shape index (κ1) is 19.6. The van der Waals surface area contributed by atoms with Crippen molar-refractivity contribution in [2.45, 2.75) is 16.6 Å². The first-order valence-corrected chi connectivity index (χ1v) is 7.47. The molecule has 0 bridgehead atoms. The Labute approximate surface area is 149 Å². The largest absolute Gasteiger partial charge is 0.492 e. The van der Waals surface area contributed by atoms with Gasteiger partial charge in [0.2, 0.25) is 5.88 Å². The average Bonchev–Trinajstić information content (AvgIpc) is 2.73. The van der Waals surface area contributed by atoms with Gasteiger partial charge in [0.25, 0.3) is 0 Å². The van der Waals surface area contributed by atoms with Crippen LogP contribution in [0.25, 0.3) is 5.69 Å². The third-order valence-corrected chi connectivity index (χ3v) is 4.09. The highest BCUT2D eigenvalue weighted by molar-refractivity contribution is 8.00. The Balaban J connectivity index is 2.66. The highest BCUT2D eigenvalue weighted by Crippen LogP contribution is 2.45. The maximum atomic E-state index is 12.7. The SMILES string of the molecule is N#Cc1nn(-c2c(Cl)cc(C(F)(F)F)cc2Cl)c(O)c1SC(F)(F)F. The van der Waals surface area contributed by atoms with Gasteiger partial charge in [-0.15, -0.1) is 0 Å². The maximum absolute atomic E-state index is 12.7. The van der Waals surface area contributed by atoms with Crippen LogP contribution in [0.3, 0.4) is 0 Å². The van der Waals surface area contributed by atoms with Crippen LogP contribution in [0.15, 0.2) is 17.0 Å². The fourth-order valence-corrected chi connectivity index (χ4v) is 3.00. The molecule has 0 aliphatic carbocycles. The van der Waals surface area contributed by atoms with Crippen LogP contribution in [0.5, 0.6) is 5.88 Å². The predicted octanol–water partition coefficient (Wildman–Crippen LogP) is 5.39. The summed E-state index contributed by atoms with van der Waals surface area (Å²) in [5.41, 5.74) is -7.35. The summed E-state index contributed by atoms with van der Waals surface area (Å²) in [6.45, 7) is 0. The summed E-state index contributed by atoms with van der Waals surface area (Å²) in [6, 6.07) is 2.27. The van der Waals surface area contributed by atoms with Crippen LogP contribution in [0.1, 0.15) is 11.3 Å². The first-order valence-electron chi connectivity index (χ1n) is 5.89. The molecular formula is C12H3Cl2F6N3OS. The number of halogens is 8. The summed E-state index contributed by atoms with van der Waals surface area (Å²) in [7, 11) is 0. The maximum Gasteiger partial charge on any atom is 0.446 e. The fraction of sp³-hybridized carbons (Fsp3) is 0.167. The van der Waals surface area contributed by atoms with Gasteiger partial charge in [-0.1, -0.05) is 23.2 Å². The zero-order valence-electron chi connectivity index (χ0n) is 11.4. The third kappa shape index (κ3) is 4.08. The summed E-state index contributed by atoms with van der Waals surface area (Å²) < 4.78 is 76.1. The normalized spacial score (nSPS) is 12.3. The van der Waals surface area contributed by atoms with Crippen molar-refractivity contribution in [1.29, 1.82) is 5.26 Å². The molecule has 0 fully saturated rings. The molecule has 1 heterocycles. The molecule has 13 heteroatoms. The number of aromatic hydroxyl groups is 1. The zero-order chi connectivity index (χ0) is 19.2. The minimum atomic E-state index is -4.84. The number of aromatic nitrogens is 2. The van der Waals surface area contributed by atoms with Gasteiger partial charge in [-0.25, -0.2) is 0 Å². The average molecular weight is 422 g/mol. The Morgan fingerprint density at radius 2 is 1.64 bits per heavy atom. The zero-order valence-corrected chi connectivity index (χ0v) is 13.7. The standard InChI is InChI=1S/C12H3Cl2F6N3OS/c13-5-1-4(11(15,16)17)2-6(14)8(5)23-10(24)9(7(3-21)22-23)25-12(18,19)20/h1-2,24H. The van der Waals surface area contributed by atoms with Gasteiger partial charge in [-0.05, 0) is 23.9 Å². The van der Waals surface area contributed by atoms with Crippen LogP contribution < -0.4 is 0 Å². The van der Waals surface area contributed by atoms with Gasteiger partial charge in [0, 0.05) is 0 Å². The van der Waals surface area contributed by atoms with Crippen LogP contribution in [0.4, 0.5) is 26.3 Å². The number of alkyl halides is 6. The van der Waals surface area contributed by atoms with E-state index in [9.17, 15) is 31.4 Å². The van der Waals surface area contributed by atoms with Crippen molar-refractivity contribution in [2.24, 2.45) is 0 Å². The third-order valence-electron chi connectivity index (χ3n) is 2.70. The Morgan fingerprint density at radius 3 is 2.04 bits per heavy atom. The molecule has 0 aliphatic rings. The van der Waals surface area contributed by atoms with E-state index in [1.165, 1.54) is 6.07 Å². The molecule has 1 aromatic carbocycles. The van der Waals surface area contributed by atoms with Crippen molar-refractivity contribution in [3.8, 4) is 17.6 Å². The molecule has 0 amide bonds. The minimum Gasteiger partial charge on any atom is -0.492 e. The molecule has 134 valence electrons. The van der Waals surface area contributed by atoms with Gasteiger partial charge in [-0.3, -0.25) is 0 Å². The molecule has 0 radical (unpaired) electrons. The lowest BCUT2D eigenvalue weighted by Crippen LogP contribution is -2.07. The summed E-state index contributed by atoms with van der Waals surface area (Å²) in [5.74, 6) is -1.14. The van der Waals surface area contributed by atoms with Gasteiger partial charge in [-0.2, -0.15) is 41.4 Å². The number of benzene rings is 1. The number of nitriles is 1. The van der Waals surface area contributed by atoms with Gasteiger partial charge >= 0.3 is 11.7 Å². The van der Waals surface area contributed by atoms with Crippen molar-refractivity contribution < 1.29 is 31.4 Å². The number of hydrogen-bond donors (Lipinski definition) is 1. The lowest BCUT2D eigenvalue weighted by Gasteiger charge is -2.13. The molecule has 4 nitrogen and oxygen atoms in total. The summed E-state index contributed by atoms with van der Waals surface area (Å²) in [4.78, 5) is -0.929. The van der Waals surface area contributed by atoms with E-state index in [0.717, 1.165) is 0 Å². The molecule has 0 saturated heterocycles. The molecule has 25 heavy (non-hydrogen) atoms. The van der Waals surface area contributed by atoms with Crippen LogP contribution >= 0.6 is 35.0 Å². The second kappa shape index (κ2) is 6.51. The Kier molecular flexibility index (Phi) is 5.09. The molecule has 1 aromatic heterocycles. The summed E-state index contributed by atoms with van der Waals surface area (Å²) in [5, 5.41) is 20.9. The number of rotatable bonds is 2. The van der Waals surface area contributed by atoms with E-state index in [1.54, 1.807) is 0 Å². The van der Waals surface area contributed by atoms with Gasteiger partial charge in [0.05, 0.1) is 15.6 Å². The highest BCUT2D eigenvalue weighted by Gasteiger charge is 2.36. The quantitative estimate of drug-likeness (QED) is 0.521. The Bertz CT molecular complexity index is 848. The van der Waals surface area contributed by atoms with Crippen molar-refractivity contribution in [2.75, 3.05) is 0 Å². The number of hydrogen-bond acceptors (Lipinski definition) is 4. The van der Waals surface area contributed by atoms with E-state index in [1.807, 2.05) is 0 Å². The van der Waals surface area contributed by atoms with E-state index in [2.05, 4.69) is 5.10 Å². The fourth-order valence-electron chi connectivity index (χ4n) is 1.77. The molecule has 1 N–H and O–H groups in total. The minimum absolute atomic E-state index is 0.372. The summed E-state index contributed by atoms with van der Waals surface area (Å²) >= 11 is 10.6.